The minimum Gasteiger partial charge on any atom is -0.496 e. The Hall–Kier alpha value is -13.4. The molecule has 0 radical (unpaired) electrons. The van der Waals surface area contributed by atoms with Crippen LogP contribution in [0.5, 0.6) is 11.5 Å². The van der Waals surface area contributed by atoms with Gasteiger partial charge in [-0.15, -0.1) is 0 Å². The standard InChI is InChI=1S/C39H43N5O3.C39H48N4O4.C37H43ClN4O4/c1-4-6-18-42(19-7-5-2)39(47)36-20-27(3)44(41-36)37-17-16-29(35-24-40-23-30-13-10-11-15-33(30)35)22-34(37)38(46)43-25-31-14-9-8-12-28(31)21-32(43)26-45;1-6-8-20-41(21-9-7-2)39(46)36-22-28(5)43(40-36)37-19-16-31(29-14-17-34(18-15-29)47-27(3)4)24-35(37)38(45)42-25-32-13-11-10-12-30(32)23-33(42)26-44;1-5-7-17-40(18-8-6-2)37(45)33-19-25(3)42(39-33)34-15-13-27(31-22-29(38)14-16-35(31)46-4)21-32(34)36(44)41-23-28-12-10-9-11-26(28)20-30(41)24-43/h8-17,20,22-24,32,45H,4-7,18-19,21,25-26H2,1-3H3;10-19,22,24,27,33,44H,6-9,20-21,23,25-26H2,1-5H3;9-16,19,21-22,30,43H,5-8,17-18,20,23-24H2,1-4H3/t32-;33-;30-/m000/s1. The number of nitrogens with zero attached hydrogens (tertiary/aromatic N) is 13. The molecule has 4 aromatic heterocycles. The molecule has 7 heterocycles. The predicted molar refractivity (Wildman–Crippen MR) is 554 cm³/mol. The second-order valence-electron chi connectivity index (χ2n) is 37.1. The number of pyridine rings is 1. The Morgan fingerprint density at radius 2 is 0.729 bits per heavy atom. The van der Waals surface area contributed by atoms with Crippen LogP contribution in [-0.4, -0.2) is 205 Å². The van der Waals surface area contributed by atoms with Crippen LogP contribution in [0.15, 0.2) is 225 Å². The van der Waals surface area contributed by atoms with Crippen molar-refractivity contribution in [3.63, 3.8) is 0 Å². The average Bonchev–Trinajstić information content (AvgIpc) is 1.43. The zero-order valence-corrected chi connectivity index (χ0v) is 83.8. The molecule has 13 aromatic rings. The third-order valence-corrected chi connectivity index (χ3v) is 27.0. The fourth-order valence-electron chi connectivity index (χ4n) is 18.9. The Labute approximate surface area is 828 Å². The number of hydrogen-bond acceptors (Lipinski definition) is 15. The molecule has 0 fully saturated rings. The van der Waals surface area contributed by atoms with Gasteiger partial charge in [0.1, 0.15) is 11.5 Å². The van der Waals surface area contributed by atoms with Gasteiger partial charge in [-0.1, -0.05) is 219 Å². The lowest BCUT2D eigenvalue weighted by Gasteiger charge is -2.36. The molecule has 0 bridgehead atoms. The van der Waals surface area contributed by atoms with Crippen molar-refractivity contribution in [2.75, 3.05) is 66.2 Å². The van der Waals surface area contributed by atoms with Crippen LogP contribution in [0.2, 0.25) is 5.02 Å². The second-order valence-corrected chi connectivity index (χ2v) is 37.5. The molecule has 25 heteroatoms. The molecule has 6 amide bonds. The zero-order chi connectivity index (χ0) is 99.2. The molecule has 0 saturated heterocycles. The molecule has 3 aliphatic rings. The summed E-state index contributed by atoms with van der Waals surface area (Å²) in [5, 5.41) is 48.3. The van der Waals surface area contributed by atoms with Crippen molar-refractivity contribution < 1.29 is 53.6 Å². The van der Waals surface area contributed by atoms with Crippen molar-refractivity contribution in [2.24, 2.45) is 0 Å². The first-order valence-electron chi connectivity index (χ1n) is 49.9. The van der Waals surface area contributed by atoms with E-state index in [0.717, 1.165) is 177 Å². The van der Waals surface area contributed by atoms with E-state index in [2.05, 4.69) is 64.7 Å². The van der Waals surface area contributed by atoms with Crippen LogP contribution >= 0.6 is 11.6 Å². The molecule has 0 unspecified atom stereocenters. The highest BCUT2D eigenvalue weighted by Gasteiger charge is 2.38. The van der Waals surface area contributed by atoms with Crippen molar-refractivity contribution in [1.82, 2.24) is 63.7 Å². The van der Waals surface area contributed by atoms with Crippen LogP contribution in [0.25, 0.3) is 61.2 Å². The van der Waals surface area contributed by atoms with Gasteiger partial charge in [-0.05, 0) is 238 Å². The molecule has 16 rings (SSSR count). The van der Waals surface area contributed by atoms with E-state index < -0.39 is 0 Å². The first-order chi connectivity index (χ1) is 67.9. The van der Waals surface area contributed by atoms with Crippen molar-refractivity contribution in [3.8, 4) is 61.9 Å². The number of methoxy groups -OCH3 is 1. The molecular formula is C115H134ClN13O11. The van der Waals surface area contributed by atoms with E-state index in [1.165, 1.54) is 0 Å². The summed E-state index contributed by atoms with van der Waals surface area (Å²) in [6, 6.07) is 67.0. The van der Waals surface area contributed by atoms with Gasteiger partial charge < -0.3 is 54.2 Å². The summed E-state index contributed by atoms with van der Waals surface area (Å²) in [6.45, 7) is 27.3. The Kier molecular flexibility index (Phi) is 35.5. The Morgan fingerprint density at radius 1 is 0.393 bits per heavy atom. The van der Waals surface area contributed by atoms with E-state index >= 15 is 0 Å². The number of hydrogen-bond donors (Lipinski definition) is 3. The van der Waals surface area contributed by atoms with E-state index in [4.69, 9.17) is 36.4 Å². The number of unbranched alkanes of at least 4 members (excludes halogenated alkanes) is 6. The maximum Gasteiger partial charge on any atom is 0.274 e. The fraction of sp³-hybridized carbons (Fsp3) is 0.374. The summed E-state index contributed by atoms with van der Waals surface area (Å²) in [6.07, 6.45) is 17.0. The number of rotatable bonds is 36. The molecule has 3 atom stereocenters. The van der Waals surface area contributed by atoms with Gasteiger partial charge in [0.25, 0.3) is 35.4 Å². The van der Waals surface area contributed by atoms with E-state index in [0.29, 0.717) is 140 Å². The summed E-state index contributed by atoms with van der Waals surface area (Å²) in [5.41, 5.74) is 18.1. The quantitative estimate of drug-likeness (QED) is 0.0329. The van der Waals surface area contributed by atoms with Gasteiger partial charge in [0.05, 0.1) is 84.9 Å². The Morgan fingerprint density at radius 3 is 1.09 bits per heavy atom. The van der Waals surface area contributed by atoms with Crippen molar-refractivity contribution in [1.29, 1.82) is 0 Å². The van der Waals surface area contributed by atoms with Crippen LogP contribution in [-0.2, 0) is 38.9 Å². The molecule has 732 valence electrons. The molecule has 0 saturated carbocycles. The van der Waals surface area contributed by atoms with Crippen LogP contribution < -0.4 is 9.47 Å². The molecular weight excluding hydrogens is 1770 g/mol. The third-order valence-electron chi connectivity index (χ3n) is 26.7. The van der Waals surface area contributed by atoms with Crippen molar-refractivity contribution in [3.05, 3.63) is 314 Å². The number of aliphatic hydroxyl groups is 3. The third kappa shape index (κ3) is 23.8. The number of carbonyl (C=O) groups excluding carboxylic acids is 6. The minimum atomic E-state index is -0.388. The van der Waals surface area contributed by atoms with Gasteiger partial charge >= 0.3 is 0 Å². The van der Waals surface area contributed by atoms with Gasteiger partial charge in [-0.25, -0.2) is 14.0 Å². The monoisotopic (exact) mass is 1910 g/mol. The minimum absolute atomic E-state index is 0.0675. The highest BCUT2D eigenvalue weighted by Crippen LogP contribution is 2.40. The average molecular weight is 1910 g/mol. The summed E-state index contributed by atoms with van der Waals surface area (Å²) in [5.74, 6) is 0.503. The lowest BCUT2D eigenvalue weighted by molar-refractivity contribution is 0.0539. The Bertz CT molecular complexity index is 6470. The van der Waals surface area contributed by atoms with Gasteiger partial charge in [-0.3, -0.25) is 33.8 Å². The predicted octanol–water partition coefficient (Wildman–Crippen LogP) is 21.3. The van der Waals surface area contributed by atoms with Crippen LogP contribution in [0.3, 0.4) is 0 Å². The number of aryl methyl sites for hydroxylation is 3. The number of carbonyl (C=O) groups is 6. The van der Waals surface area contributed by atoms with Gasteiger partial charge in [-0.2, -0.15) is 15.3 Å². The number of ether oxygens (including phenoxy) is 2. The highest BCUT2D eigenvalue weighted by molar-refractivity contribution is 6.31. The molecule has 9 aromatic carbocycles. The van der Waals surface area contributed by atoms with E-state index in [1.807, 2.05) is 238 Å². The molecule has 24 nitrogen and oxygen atoms in total. The van der Waals surface area contributed by atoms with Crippen LogP contribution in [0.4, 0.5) is 0 Å². The first kappa shape index (κ1) is 102. The lowest BCUT2D eigenvalue weighted by atomic mass is 9.92. The Balaban J connectivity index is 0.000000167. The number of aliphatic hydroxyl groups excluding tert-OH is 3. The van der Waals surface area contributed by atoms with E-state index in [1.54, 1.807) is 54.1 Å². The number of benzene rings is 9. The maximum absolute atomic E-state index is 14.7. The van der Waals surface area contributed by atoms with Crippen LogP contribution in [0.1, 0.15) is 245 Å². The fourth-order valence-corrected chi connectivity index (χ4v) is 19.0. The SMILES string of the molecule is CCCCN(CCCC)C(=O)c1cc(C)n(-c2ccc(-c3cc(Cl)ccc3OC)cc2C(=O)N2Cc3ccccc3C[C@H]2CO)n1.CCCCN(CCCC)C(=O)c1cc(C)n(-c2ccc(-c3ccc(OC(C)C)cc3)cc2C(=O)N2Cc3ccccc3C[C@H]2CO)n1.CCCCN(CCCC)C(=O)c1cc(C)n(-c2ccc(-c3cncc4ccccc34)cc2C(=O)N2Cc3ccccc3C[C@H]2CO)n1. The van der Waals surface area contributed by atoms with Gasteiger partial charge in [0, 0.05) is 110 Å². The largest absolute Gasteiger partial charge is 0.496 e. The normalized spacial score (nSPS) is 14.3. The van der Waals surface area contributed by atoms with Crippen molar-refractivity contribution in [2.45, 2.75) is 216 Å². The number of fused-ring (bicyclic) bond motifs is 4. The second kappa shape index (κ2) is 48.5. The maximum atomic E-state index is 14.7. The summed E-state index contributed by atoms with van der Waals surface area (Å²) < 4.78 is 16.6. The number of aromatic nitrogens is 7. The van der Waals surface area contributed by atoms with Crippen LogP contribution in [0, 0.1) is 20.8 Å². The zero-order valence-electron chi connectivity index (χ0n) is 83.1. The number of halogens is 1. The molecule has 3 N–H and O–H groups in total. The van der Waals surface area contributed by atoms with Crippen molar-refractivity contribution >= 4 is 57.8 Å². The first-order valence-corrected chi connectivity index (χ1v) is 50.2. The van der Waals surface area contributed by atoms with Gasteiger partial charge in [0.2, 0.25) is 0 Å². The molecule has 0 aliphatic carbocycles. The number of amides is 6. The molecule has 3 aliphatic heterocycles. The molecule has 0 spiro atoms. The highest BCUT2D eigenvalue weighted by atomic mass is 35.5. The van der Waals surface area contributed by atoms with E-state index in [9.17, 15) is 44.1 Å². The summed E-state index contributed by atoms with van der Waals surface area (Å²) in [4.78, 5) is 100. The lowest BCUT2D eigenvalue weighted by Crippen LogP contribution is -2.46. The van der Waals surface area contributed by atoms with Gasteiger partial charge in [0.15, 0.2) is 17.1 Å². The summed E-state index contributed by atoms with van der Waals surface area (Å²) >= 11 is 6.39. The smallest absolute Gasteiger partial charge is 0.274 e. The molecule has 140 heavy (non-hydrogen) atoms. The summed E-state index contributed by atoms with van der Waals surface area (Å²) in [7, 11) is 1.60. The van der Waals surface area contributed by atoms with E-state index in [-0.39, 0.29) is 79.5 Å². The topological polar surface area (TPSA) is 267 Å².